The fraction of sp³-hybridized carbons (Fsp3) is 0.947. The summed E-state index contributed by atoms with van der Waals surface area (Å²) in [5.41, 5.74) is -2.70. The molecule has 6 nitrogen and oxygen atoms in total. The normalized spacial score (nSPS) is 33.6. The third-order valence-corrected chi connectivity index (χ3v) is 5.77. The third kappa shape index (κ3) is 4.64. The van der Waals surface area contributed by atoms with Crippen LogP contribution in [0.1, 0.15) is 48.5 Å². The van der Waals surface area contributed by atoms with Crippen molar-refractivity contribution in [2.75, 3.05) is 39.3 Å². The predicted octanol–water partition coefficient (Wildman–Crippen LogP) is 2.83. The van der Waals surface area contributed by atoms with Crippen molar-refractivity contribution in [2.24, 2.45) is 0 Å². The van der Waals surface area contributed by atoms with Crippen LogP contribution in [0.25, 0.3) is 0 Å². The van der Waals surface area contributed by atoms with Crippen LogP contribution in [0.15, 0.2) is 0 Å². The summed E-state index contributed by atoms with van der Waals surface area (Å²) in [6, 6.07) is 0. The lowest BCUT2D eigenvalue weighted by Gasteiger charge is -2.47. The van der Waals surface area contributed by atoms with Crippen LogP contribution < -0.4 is 16.0 Å². The molecule has 3 N–H and O–H groups in total. The minimum atomic E-state index is -2.72. The summed E-state index contributed by atoms with van der Waals surface area (Å²) in [6.45, 7) is 6.30. The first-order valence-electron chi connectivity index (χ1n) is 9.26. The summed E-state index contributed by atoms with van der Waals surface area (Å²) < 4.78 is 57.6. The number of nitrogens with one attached hydrogen (secondary N) is 3. The fourth-order valence-corrected chi connectivity index (χ4v) is 3.83. The Balaban J connectivity index is 0.000000301. The highest BCUT2D eigenvalue weighted by Gasteiger charge is 2.65. The van der Waals surface area contributed by atoms with E-state index in [0.717, 1.165) is 0 Å². The van der Waals surface area contributed by atoms with Gasteiger partial charge in [-0.25, -0.2) is 22.4 Å². The van der Waals surface area contributed by atoms with E-state index in [1.165, 1.54) is 4.90 Å². The van der Waals surface area contributed by atoms with Crippen molar-refractivity contribution in [2.45, 2.75) is 77.0 Å². The van der Waals surface area contributed by atoms with Gasteiger partial charge in [0.15, 0.2) is 0 Å². The number of carbonyl (C=O) groups excluding carboxylic acids is 1. The number of hydrogen-bond acceptors (Lipinski definition) is 5. The first-order valence-corrected chi connectivity index (χ1v) is 9.26. The molecule has 4 aliphatic heterocycles. The first kappa shape index (κ1) is 25.9. The van der Waals surface area contributed by atoms with E-state index in [4.69, 9.17) is 4.74 Å². The lowest BCUT2D eigenvalue weighted by molar-refractivity contribution is -0.148. The largest absolute Gasteiger partial charge is 0.444 e. The van der Waals surface area contributed by atoms with E-state index >= 15 is 0 Å². The zero-order valence-electron chi connectivity index (χ0n) is 15.9. The molecule has 0 aromatic rings. The molecule has 0 bridgehead atoms. The molecule has 0 saturated carbocycles. The highest BCUT2D eigenvalue weighted by atomic mass is 19.3. The highest BCUT2D eigenvalue weighted by Crippen LogP contribution is 2.43. The van der Waals surface area contributed by atoms with Crippen molar-refractivity contribution >= 4 is 6.09 Å². The van der Waals surface area contributed by atoms with Crippen LogP contribution in [0.5, 0.6) is 0 Å². The Bertz CT molecular complexity index is 591. The second-order valence-electron chi connectivity index (χ2n) is 8.86. The Morgan fingerprint density at radius 1 is 0.931 bits per heavy atom. The smallest absolute Gasteiger partial charge is 0.410 e. The van der Waals surface area contributed by atoms with Crippen LogP contribution in [-0.4, -0.2) is 78.8 Å². The molecule has 4 heterocycles. The molecule has 2 atom stereocenters. The number of rotatable bonds is 0. The Hall–Kier alpha value is -1.13. The monoisotopic (exact) mass is 428 g/mol. The lowest BCUT2D eigenvalue weighted by atomic mass is 9.83. The van der Waals surface area contributed by atoms with Gasteiger partial charge in [-0.1, -0.05) is 14.9 Å². The van der Waals surface area contributed by atoms with E-state index < -0.39 is 34.6 Å². The van der Waals surface area contributed by atoms with Gasteiger partial charge in [-0.05, 0) is 40.2 Å². The quantitative estimate of drug-likeness (QED) is 0.518. The topological polar surface area (TPSA) is 65.6 Å². The van der Waals surface area contributed by atoms with E-state index in [0.29, 0.717) is 26.1 Å². The number of halogens is 4. The fourth-order valence-electron chi connectivity index (χ4n) is 3.83. The summed E-state index contributed by atoms with van der Waals surface area (Å²) in [6.07, 6.45) is 0.318. The van der Waals surface area contributed by atoms with Crippen molar-refractivity contribution in [1.29, 1.82) is 0 Å². The molecule has 4 fully saturated rings. The summed E-state index contributed by atoms with van der Waals surface area (Å²) in [4.78, 5) is 13.1. The van der Waals surface area contributed by atoms with Crippen molar-refractivity contribution in [3.63, 3.8) is 0 Å². The van der Waals surface area contributed by atoms with E-state index in [9.17, 15) is 22.4 Å². The van der Waals surface area contributed by atoms with Gasteiger partial charge in [-0.3, -0.25) is 10.6 Å². The molecule has 0 radical (unpaired) electrons. The maximum absolute atomic E-state index is 13.4. The highest BCUT2D eigenvalue weighted by molar-refractivity contribution is 5.69. The molecule has 10 heteroatoms. The van der Waals surface area contributed by atoms with Gasteiger partial charge in [-0.2, -0.15) is 0 Å². The number of likely N-dealkylation sites (tertiary alicyclic amines) is 1. The van der Waals surface area contributed by atoms with Crippen molar-refractivity contribution in [1.82, 2.24) is 20.9 Å². The standard InChI is InChI=1S/C11H18F2N2O2.C6H10F2N2.2CH4/c1-9(2,3)17-8(16)15-5-4-10(7-15)11(12,13)6-14-10;7-6(8)4-10-5(6)1-2-9-3-5;;/h14H,4-7H2,1-3H3;9-10H,1-4H2;2*1H4. The summed E-state index contributed by atoms with van der Waals surface area (Å²) in [5.74, 6) is -5.19. The Labute approximate surface area is 171 Å². The lowest BCUT2D eigenvalue weighted by Crippen LogP contribution is -2.74. The van der Waals surface area contributed by atoms with Gasteiger partial charge in [0.1, 0.15) is 11.1 Å². The molecule has 29 heavy (non-hydrogen) atoms. The molecule has 0 aliphatic carbocycles. The first-order chi connectivity index (χ1) is 12.3. The van der Waals surface area contributed by atoms with Crippen molar-refractivity contribution < 1.29 is 27.1 Å². The summed E-state index contributed by atoms with van der Waals surface area (Å²) >= 11 is 0. The predicted molar refractivity (Wildman–Crippen MR) is 105 cm³/mol. The maximum Gasteiger partial charge on any atom is 0.410 e. The molecule has 4 saturated heterocycles. The molecule has 0 aromatic heterocycles. The molecule has 1 amide bonds. The van der Waals surface area contributed by atoms with E-state index in [-0.39, 0.29) is 40.9 Å². The number of amides is 1. The van der Waals surface area contributed by atoms with Gasteiger partial charge < -0.3 is 15.0 Å². The zero-order chi connectivity index (χ0) is 20.1. The summed E-state index contributed by atoms with van der Waals surface area (Å²) in [5, 5.41) is 8.49. The number of hydrogen-bond donors (Lipinski definition) is 3. The minimum absolute atomic E-state index is 0. The minimum Gasteiger partial charge on any atom is -0.444 e. The average Bonchev–Trinajstić information content (AvgIpc) is 3.22. The third-order valence-electron chi connectivity index (χ3n) is 5.77. The second-order valence-corrected chi connectivity index (χ2v) is 8.86. The number of nitrogens with zero attached hydrogens (tertiary/aromatic N) is 1. The van der Waals surface area contributed by atoms with Crippen molar-refractivity contribution in [3.8, 4) is 0 Å². The van der Waals surface area contributed by atoms with Crippen LogP contribution >= 0.6 is 0 Å². The molecule has 4 aliphatic rings. The SMILES string of the molecule is C.C.CC(C)(C)OC(=O)N1CCC2(C1)NCC2(F)F.FC1(F)CNC12CCNC2. The van der Waals surface area contributed by atoms with Crippen LogP contribution in [0.3, 0.4) is 0 Å². The van der Waals surface area contributed by atoms with Gasteiger partial charge in [0.05, 0.1) is 18.6 Å². The number of carbonyl (C=O) groups is 1. The van der Waals surface area contributed by atoms with Crippen molar-refractivity contribution in [3.05, 3.63) is 0 Å². The number of alkyl halides is 4. The zero-order valence-corrected chi connectivity index (χ0v) is 15.9. The van der Waals surface area contributed by atoms with Gasteiger partial charge in [0.2, 0.25) is 0 Å². The molecular formula is C19H36F4N4O2. The van der Waals surface area contributed by atoms with Gasteiger partial charge in [0.25, 0.3) is 11.8 Å². The van der Waals surface area contributed by atoms with E-state index in [1.807, 2.05) is 0 Å². The average molecular weight is 429 g/mol. The van der Waals surface area contributed by atoms with E-state index in [1.54, 1.807) is 20.8 Å². The maximum atomic E-state index is 13.4. The van der Waals surface area contributed by atoms with Gasteiger partial charge >= 0.3 is 6.09 Å². The molecule has 2 unspecified atom stereocenters. The molecule has 2 spiro atoms. The van der Waals surface area contributed by atoms with Gasteiger partial charge in [-0.15, -0.1) is 0 Å². The Morgan fingerprint density at radius 3 is 1.76 bits per heavy atom. The molecule has 0 aromatic carbocycles. The van der Waals surface area contributed by atoms with Crippen LogP contribution in [0, 0.1) is 0 Å². The summed E-state index contributed by atoms with van der Waals surface area (Å²) in [7, 11) is 0. The molecule has 172 valence electrons. The van der Waals surface area contributed by atoms with Gasteiger partial charge in [0, 0.05) is 19.6 Å². The second kappa shape index (κ2) is 8.19. The van der Waals surface area contributed by atoms with Crippen LogP contribution in [0.2, 0.25) is 0 Å². The molecule has 4 rings (SSSR count). The van der Waals surface area contributed by atoms with Crippen LogP contribution in [-0.2, 0) is 4.74 Å². The molecular weight excluding hydrogens is 392 g/mol. The Morgan fingerprint density at radius 2 is 1.48 bits per heavy atom. The van der Waals surface area contributed by atoms with Crippen LogP contribution in [0.4, 0.5) is 22.4 Å². The Kier molecular flexibility index (Phi) is 7.31. The number of ether oxygens (including phenoxy) is 1. The van der Waals surface area contributed by atoms with E-state index in [2.05, 4.69) is 16.0 Å².